The molecule has 1 saturated carbocycles. The summed E-state index contributed by atoms with van der Waals surface area (Å²) in [6.07, 6.45) is 10.0. The molecule has 3 aromatic carbocycles. The molecule has 0 saturated heterocycles. The van der Waals surface area contributed by atoms with Crippen LogP contribution in [0.5, 0.6) is 0 Å². The summed E-state index contributed by atoms with van der Waals surface area (Å²) < 4.78 is 31.0. The third-order valence-corrected chi connectivity index (χ3v) is 14.2. The third-order valence-electron chi connectivity index (χ3n) is 12.4. The van der Waals surface area contributed by atoms with Crippen LogP contribution in [-0.2, 0) is 40.2 Å². The van der Waals surface area contributed by atoms with E-state index in [0.717, 1.165) is 57.8 Å². The first kappa shape index (κ1) is 53.1. The van der Waals surface area contributed by atoms with Crippen LogP contribution in [0.25, 0.3) is 0 Å². The van der Waals surface area contributed by atoms with Crippen molar-refractivity contribution >= 4 is 51.2 Å². The molecule has 368 valence electrons. The molecule has 3 aromatic rings. The first-order valence-electron chi connectivity index (χ1n) is 24.2. The highest BCUT2D eigenvalue weighted by molar-refractivity contribution is 7.91. The number of carbonyl (C=O) groups excluding carboxylic acids is 7. The van der Waals surface area contributed by atoms with Crippen molar-refractivity contribution in [3.8, 4) is 0 Å². The molecule has 0 aromatic heterocycles. The normalized spacial score (nSPS) is 15.2. The highest BCUT2D eigenvalue weighted by Crippen LogP contribution is 2.35. The topological polar surface area (TPSA) is 214 Å². The van der Waals surface area contributed by atoms with Crippen LogP contribution in [0, 0.1) is 11.8 Å². The Morgan fingerprint density at radius 1 is 0.662 bits per heavy atom. The number of hydrogen-bond acceptors (Lipinski definition) is 10. The van der Waals surface area contributed by atoms with Crippen molar-refractivity contribution in [3.63, 3.8) is 0 Å². The van der Waals surface area contributed by atoms with Gasteiger partial charge in [-0.15, -0.1) is 0 Å². The number of hydrogen-bond donors (Lipinski definition) is 4. The van der Waals surface area contributed by atoms with Crippen LogP contribution < -0.4 is 21.3 Å². The number of carbonyl (C=O) groups is 7. The van der Waals surface area contributed by atoms with Crippen molar-refractivity contribution in [1.29, 1.82) is 0 Å². The third kappa shape index (κ3) is 16.4. The largest absolute Gasteiger partial charge is 0.444 e. The maximum atomic E-state index is 14.3. The van der Waals surface area contributed by atoms with E-state index in [2.05, 4.69) is 21.3 Å². The minimum absolute atomic E-state index is 0.0326. The van der Waals surface area contributed by atoms with Gasteiger partial charge in [-0.05, 0) is 101 Å². The number of fused-ring (bicyclic) bond motifs is 1. The van der Waals surface area contributed by atoms with E-state index >= 15 is 0 Å². The number of ether oxygens (including phenoxy) is 1. The summed E-state index contributed by atoms with van der Waals surface area (Å²) in [6.45, 7) is 5.60. The van der Waals surface area contributed by atoms with Gasteiger partial charge in [-0.2, -0.15) is 0 Å². The van der Waals surface area contributed by atoms with Gasteiger partial charge in [0.2, 0.25) is 17.6 Å². The van der Waals surface area contributed by atoms with Gasteiger partial charge < -0.3 is 26.0 Å². The Balaban J connectivity index is 1.20. The van der Waals surface area contributed by atoms with E-state index < -0.39 is 57.0 Å². The summed E-state index contributed by atoms with van der Waals surface area (Å²) >= 11 is 0. The van der Waals surface area contributed by atoms with Gasteiger partial charge in [0.25, 0.3) is 17.7 Å². The van der Waals surface area contributed by atoms with Crippen molar-refractivity contribution < 1.29 is 46.7 Å². The van der Waals surface area contributed by atoms with E-state index in [0.29, 0.717) is 48.9 Å². The molecule has 6 amide bonds. The number of sulfone groups is 1. The van der Waals surface area contributed by atoms with Gasteiger partial charge in [-0.25, -0.2) is 13.2 Å². The predicted octanol–water partition coefficient (Wildman–Crippen LogP) is 6.89. The maximum absolute atomic E-state index is 14.3. The van der Waals surface area contributed by atoms with E-state index in [9.17, 15) is 42.0 Å². The predicted molar refractivity (Wildman–Crippen MR) is 258 cm³/mol. The Morgan fingerprint density at radius 3 is 1.85 bits per heavy atom. The van der Waals surface area contributed by atoms with Gasteiger partial charge in [0, 0.05) is 32.0 Å². The van der Waals surface area contributed by atoms with Gasteiger partial charge in [0.05, 0.1) is 21.8 Å². The minimum atomic E-state index is -3.74. The number of Topliss-reactive ketones (excluding diaryl/α,β-unsaturated/α-hetero) is 1. The Kier molecular flexibility index (Phi) is 20.3. The van der Waals surface area contributed by atoms with Crippen LogP contribution in [0.15, 0.2) is 89.8 Å². The second-order valence-electron chi connectivity index (χ2n) is 18.9. The number of amides is 6. The second-order valence-corrected chi connectivity index (χ2v) is 21.0. The molecule has 0 unspecified atom stereocenters. The van der Waals surface area contributed by atoms with Crippen molar-refractivity contribution in [2.45, 2.75) is 140 Å². The molecule has 16 heteroatoms. The van der Waals surface area contributed by atoms with Crippen LogP contribution in [0.1, 0.15) is 137 Å². The smallest absolute Gasteiger partial charge is 0.407 e. The molecule has 5 rings (SSSR count). The molecule has 68 heavy (non-hydrogen) atoms. The van der Waals surface area contributed by atoms with E-state index in [4.69, 9.17) is 4.74 Å². The lowest BCUT2D eigenvalue weighted by Gasteiger charge is -2.27. The first-order valence-corrected chi connectivity index (χ1v) is 25.9. The Hall–Kier alpha value is -5.90. The quantitative estimate of drug-likeness (QED) is 0.0353. The number of benzene rings is 3. The van der Waals surface area contributed by atoms with Gasteiger partial charge in [0.15, 0.2) is 9.84 Å². The molecular formula is C52H69N5O10S. The van der Waals surface area contributed by atoms with E-state index in [1.807, 2.05) is 0 Å². The van der Waals surface area contributed by atoms with Crippen molar-refractivity contribution in [3.05, 3.63) is 102 Å². The Bertz CT molecular complexity index is 2260. The molecular weight excluding hydrogens is 887 g/mol. The monoisotopic (exact) mass is 955 g/mol. The summed E-state index contributed by atoms with van der Waals surface area (Å²) in [4.78, 5) is 95.0. The van der Waals surface area contributed by atoms with Gasteiger partial charge in [-0.3, -0.25) is 33.7 Å². The Labute approximate surface area is 401 Å². The molecule has 1 heterocycles. The van der Waals surface area contributed by atoms with Crippen molar-refractivity contribution in [2.75, 3.05) is 25.4 Å². The lowest BCUT2D eigenvalue weighted by Crippen LogP contribution is -2.55. The van der Waals surface area contributed by atoms with Crippen LogP contribution >= 0.6 is 0 Å². The molecule has 3 atom stereocenters. The van der Waals surface area contributed by atoms with E-state index in [1.54, 1.807) is 93.6 Å². The van der Waals surface area contributed by atoms with E-state index in [1.165, 1.54) is 17.0 Å². The zero-order chi connectivity index (χ0) is 49.1. The lowest BCUT2D eigenvalue weighted by molar-refractivity contribution is -0.140. The van der Waals surface area contributed by atoms with Crippen LogP contribution in [-0.4, -0.2) is 97.8 Å². The molecule has 2 aliphatic rings. The number of imide groups is 1. The van der Waals surface area contributed by atoms with Crippen molar-refractivity contribution in [1.82, 2.24) is 26.2 Å². The number of nitrogens with one attached hydrogen (secondary N) is 4. The van der Waals surface area contributed by atoms with Crippen LogP contribution in [0.2, 0.25) is 0 Å². The number of alkyl carbamates (subject to hydrolysis) is 1. The van der Waals surface area contributed by atoms with Gasteiger partial charge in [0.1, 0.15) is 17.7 Å². The van der Waals surface area contributed by atoms with Crippen LogP contribution in [0.4, 0.5) is 4.79 Å². The summed E-state index contributed by atoms with van der Waals surface area (Å²) in [7, 11) is -3.74. The number of nitrogens with zero attached hydrogens (tertiary/aromatic N) is 1. The minimum Gasteiger partial charge on any atom is -0.444 e. The highest BCUT2D eigenvalue weighted by atomic mass is 32.2. The number of ketones is 1. The standard InChI is InChI=1S/C52H69N5O10S/c1-52(2,3)67-51(64)54-32-20-19-31-43(47(60)56-44(36-37-22-10-8-11-23-37)45(58)48(61)53-33-35-68(65,66)39-26-12-9-13-27-39)55-46(59)40(38-24-15-16-25-38)28-14-6-4-5-7-21-34-57-49(62)41-29-17-18-30-42(41)50(57)63/h8-13,17-18,22-23,26-27,29-30,38,40,43-44H,4-7,14-16,19-21,24-25,28,31-36H2,1-3H3,(H,53,61)(H,54,64)(H,55,59)(H,56,60)/t40-,43-,44-/m0/s1. The van der Waals surface area contributed by atoms with E-state index in [-0.39, 0.29) is 60.4 Å². The zero-order valence-electron chi connectivity index (χ0n) is 39.8. The zero-order valence-corrected chi connectivity index (χ0v) is 40.6. The highest BCUT2D eigenvalue weighted by Gasteiger charge is 2.36. The first-order chi connectivity index (χ1) is 32.5. The average Bonchev–Trinajstić information content (AvgIpc) is 3.93. The molecule has 0 radical (unpaired) electrons. The summed E-state index contributed by atoms with van der Waals surface area (Å²) in [6, 6.07) is 21.1. The molecule has 15 nitrogen and oxygen atoms in total. The number of rotatable bonds is 27. The average molecular weight is 956 g/mol. The van der Waals surface area contributed by atoms with Crippen molar-refractivity contribution in [2.24, 2.45) is 11.8 Å². The number of unbranched alkanes of at least 4 members (excludes halogenated alkanes) is 6. The molecule has 1 aliphatic carbocycles. The SMILES string of the molecule is CC(C)(C)OC(=O)NCCCC[C@H](NC(=O)[C@@H](CCCCCCCCN1C(=O)c2ccccc2C1=O)C1CCCC1)C(=O)N[C@@H](Cc1ccccc1)C(=O)C(=O)NCCS(=O)(=O)c1ccccc1. The molecule has 4 N–H and O–H groups in total. The van der Waals surface area contributed by atoms with Crippen LogP contribution in [0.3, 0.4) is 0 Å². The fraction of sp³-hybridized carbons (Fsp3) is 0.519. The lowest BCUT2D eigenvalue weighted by atomic mass is 9.85. The molecule has 0 bridgehead atoms. The van der Waals surface area contributed by atoms with Gasteiger partial charge in [-0.1, -0.05) is 106 Å². The summed E-state index contributed by atoms with van der Waals surface area (Å²) in [5.74, 6) is -4.00. The Morgan fingerprint density at radius 2 is 1.22 bits per heavy atom. The fourth-order valence-electron chi connectivity index (χ4n) is 8.87. The van der Waals surface area contributed by atoms with Gasteiger partial charge >= 0.3 is 6.09 Å². The molecule has 1 fully saturated rings. The summed E-state index contributed by atoms with van der Waals surface area (Å²) in [5, 5.41) is 10.9. The maximum Gasteiger partial charge on any atom is 0.407 e. The molecule has 1 aliphatic heterocycles. The molecule has 0 spiro atoms. The fourth-order valence-corrected chi connectivity index (χ4v) is 10.0. The second kappa shape index (κ2) is 26.0. The summed E-state index contributed by atoms with van der Waals surface area (Å²) in [5.41, 5.74) is 0.898.